The molecule has 0 saturated heterocycles. The van der Waals surface area contributed by atoms with Gasteiger partial charge in [0.15, 0.2) is 6.61 Å². The zero-order valence-corrected chi connectivity index (χ0v) is 14.9. The molecular formula is C19H18INO2. The maximum absolute atomic E-state index is 12.3. The van der Waals surface area contributed by atoms with E-state index in [1.165, 1.54) is 11.1 Å². The molecular weight excluding hydrogens is 401 g/mol. The highest BCUT2D eigenvalue weighted by molar-refractivity contribution is 14.1. The molecule has 1 amide bonds. The zero-order chi connectivity index (χ0) is 16.1. The van der Waals surface area contributed by atoms with Crippen molar-refractivity contribution in [1.29, 1.82) is 0 Å². The second-order valence-corrected chi connectivity index (χ2v) is 6.67. The number of halogens is 1. The third kappa shape index (κ3) is 4.34. The van der Waals surface area contributed by atoms with E-state index in [0.29, 0.717) is 6.54 Å². The van der Waals surface area contributed by atoms with Crippen molar-refractivity contribution in [2.75, 3.05) is 19.7 Å². The predicted molar refractivity (Wildman–Crippen MR) is 100 cm³/mol. The van der Waals surface area contributed by atoms with Crippen molar-refractivity contribution in [2.45, 2.75) is 6.42 Å². The first-order valence-electron chi connectivity index (χ1n) is 7.63. The van der Waals surface area contributed by atoms with Gasteiger partial charge in [0.25, 0.3) is 5.91 Å². The molecule has 118 valence electrons. The van der Waals surface area contributed by atoms with Gasteiger partial charge in [-0.25, -0.2) is 0 Å². The Hall–Kier alpha value is -1.82. The van der Waals surface area contributed by atoms with Crippen molar-refractivity contribution in [1.82, 2.24) is 4.90 Å². The fraction of sp³-hybridized carbons (Fsp3) is 0.211. The van der Waals surface area contributed by atoms with Crippen LogP contribution in [0.3, 0.4) is 0 Å². The lowest BCUT2D eigenvalue weighted by Gasteiger charge is -2.26. The number of hydrogen-bond acceptors (Lipinski definition) is 2. The summed E-state index contributed by atoms with van der Waals surface area (Å²) in [5, 5.41) is 0. The van der Waals surface area contributed by atoms with Crippen LogP contribution in [-0.2, 0) is 4.79 Å². The van der Waals surface area contributed by atoms with Gasteiger partial charge in [-0.1, -0.05) is 36.4 Å². The smallest absolute Gasteiger partial charge is 0.260 e. The predicted octanol–water partition coefficient (Wildman–Crippen LogP) is 3.99. The van der Waals surface area contributed by atoms with E-state index in [0.717, 1.165) is 22.3 Å². The average Bonchev–Trinajstić information content (AvgIpc) is 2.62. The van der Waals surface area contributed by atoms with Gasteiger partial charge in [0.1, 0.15) is 5.75 Å². The van der Waals surface area contributed by atoms with Crippen LogP contribution in [0.1, 0.15) is 12.0 Å². The lowest BCUT2D eigenvalue weighted by atomic mass is 10.00. The first-order chi connectivity index (χ1) is 11.2. The Morgan fingerprint density at radius 1 is 1.09 bits per heavy atom. The van der Waals surface area contributed by atoms with E-state index in [9.17, 15) is 4.79 Å². The highest BCUT2D eigenvalue weighted by Crippen LogP contribution is 2.22. The summed E-state index contributed by atoms with van der Waals surface area (Å²) >= 11 is 2.24. The molecule has 3 nitrogen and oxygen atoms in total. The summed E-state index contributed by atoms with van der Waals surface area (Å²) in [5.74, 6) is 0.767. The molecule has 1 heterocycles. The highest BCUT2D eigenvalue weighted by atomic mass is 127. The lowest BCUT2D eigenvalue weighted by molar-refractivity contribution is -0.132. The molecule has 1 aliphatic heterocycles. The molecule has 0 radical (unpaired) electrons. The van der Waals surface area contributed by atoms with E-state index in [2.05, 4.69) is 40.8 Å². The van der Waals surface area contributed by atoms with E-state index in [1.54, 1.807) is 0 Å². The number of amides is 1. The summed E-state index contributed by atoms with van der Waals surface area (Å²) < 4.78 is 6.72. The van der Waals surface area contributed by atoms with Crippen molar-refractivity contribution < 1.29 is 9.53 Å². The maximum atomic E-state index is 12.3. The van der Waals surface area contributed by atoms with E-state index in [4.69, 9.17) is 4.74 Å². The Bertz CT molecular complexity index is 695. The highest BCUT2D eigenvalue weighted by Gasteiger charge is 2.18. The molecule has 0 spiro atoms. The Kier molecular flexibility index (Phi) is 5.33. The Balaban J connectivity index is 1.54. The molecule has 3 rings (SSSR count). The van der Waals surface area contributed by atoms with E-state index in [1.807, 2.05) is 47.4 Å². The number of carbonyl (C=O) groups excluding carboxylic acids is 1. The Labute approximate surface area is 150 Å². The molecule has 0 fully saturated rings. The molecule has 0 aliphatic carbocycles. The largest absolute Gasteiger partial charge is 0.484 e. The number of ether oxygens (including phenoxy) is 1. The minimum absolute atomic E-state index is 0.0342. The van der Waals surface area contributed by atoms with Crippen LogP contribution in [0.5, 0.6) is 5.75 Å². The minimum atomic E-state index is 0.0342. The van der Waals surface area contributed by atoms with E-state index < -0.39 is 0 Å². The third-order valence-corrected chi connectivity index (χ3v) is 4.60. The van der Waals surface area contributed by atoms with Gasteiger partial charge in [-0.2, -0.15) is 0 Å². The van der Waals surface area contributed by atoms with Crippen molar-refractivity contribution in [3.8, 4) is 5.75 Å². The van der Waals surface area contributed by atoms with Crippen LogP contribution in [0, 0.1) is 3.57 Å². The molecule has 0 atom stereocenters. The minimum Gasteiger partial charge on any atom is -0.484 e. The standard InChI is InChI=1S/C19H18INO2/c20-17-6-8-18(9-7-17)23-14-19(22)21-12-10-16(11-13-21)15-4-2-1-3-5-15/h1-10H,11-14H2. The zero-order valence-electron chi connectivity index (χ0n) is 12.7. The number of nitrogens with zero attached hydrogens (tertiary/aromatic N) is 1. The number of carbonyl (C=O) groups is 1. The van der Waals surface area contributed by atoms with Crippen molar-refractivity contribution in [3.05, 3.63) is 69.8 Å². The second kappa shape index (κ2) is 7.64. The van der Waals surface area contributed by atoms with Gasteiger partial charge < -0.3 is 9.64 Å². The van der Waals surface area contributed by atoms with E-state index >= 15 is 0 Å². The van der Waals surface area contributed by atoms with Gasteiger partial charge in [-0.05, 0) is 64.4 Å². The maximum Gasteiger partial charge on any atom is 0.260 e. The van der Waals surface area contributed by atoms with Crippen molar-refractivity contribution in [3.63, 3.8) is 0 Å². The number of hydrogen-bond donors (Lipinski definition) is 0. The first-order valence-corrected chi connectivity index (χ1v) is 8.71. The topological polar surface area (TPSA) is 29.5 Å². The van der Waals surface area contributed by atoms with Gasteiger partial charge in [-0.3, -0.25) is 4.79 Å². The molecule has 0 bridgehead atoms. The van der Waals surface area contributed by atoms with Gasteiger partial charge in [-0.15, -0.1) is 0 Å². The third-order valence-electron chi connectivity index (χ3n) is 3.88. The van der Waals surface area contributed by atoms with Crippen LogP contribution < -0.4 is 4.74 Å². The van der Waals surface area contributed by atoms with Gasteiger partial charge >= 0.3 is 0 Å². The normalized spacial score (nSPS) is 14.3. The summed E-state index contributed by atoms with van der Waals surface area (Å²) in [4.78, 5) is 14.1. The number of benzene rings is 2. The van der Waals surface area contributed by atoms with Gasteiger partial charge in [0.05, 0.1) is 0 Å². The Morgan fingerprint density at radius 2 is 1.83 bits per heavy atom. The summed E-state index contributed by atoms with van der Waals surface area (Å²) in [7, 11) is 0. The lowest BCUT2D eigenvalue weighted by Crippen LogP contribution is -2.37. The second-order valence-electron chi connectivity index (χ2n) is 5.43. The monoisotopic (exact) mass is 419 g/mol. The summed E-state index contributed by atoms with van der Waals surface area (Å²) in [6.07, 6.45) is 3.03. The van der Waals surface area contributed by atoms with Gasteiger partial charge in [0.2, 0.25) is 0 Å². The van der Waals surface area contributed by atoms with Crippen LogP contribution in [0.15, 0.2) is 60.7 Å². The molecule has 2 aromatic carbocycles. The number of rotatable bonds is 4. The Morgan fingerprint density at radius 3 is 2.48 bits per heavy atom. The summed E-state index contributed by atoms with van der Waals surface area (Å²) in [5.41, 5.74) is 2.56. The molecule has 0 N–H and O–H groups in total. The molecule has 4 heteroatoms. The molecule has 0 aromatic heterocycles. The molecule has 0 saturated carbocycles. The molecule has 0 unspecified atom stereocenters. The SMILES string of the molecule is O=C(COc1ccc(I)cc1)N1CC=C(c2ccccc2)CC1. The molecule has 2 aromatic rings. The first kappa shape index (κ1) is 16.1. The van der Waals surface area contributed by atoms with Crippen LogP contribution >= 0.6 is 22.6 Å². The van der Waals surface area contributed by atoms with E-state index in [-0.39, 0.29) is 12.5 Å². The van der Waals surface area contributed by atoms with Crippen LogP contribution in [0.25, 0.3) is 5.57 Å². The quantitative estimate of drug-likeness (QED) is 0.702. The van der Waals surface area contributed by atoms with Crippen molar-refractivity contribution in [2.24, 2.45) is 0 Å². The fourth-order valence-corrected chi connectivity index (χ4v) is 2.94. The van der Waals surface area contributed by atoms with Crippen LogP contribution in [-0.4, -0.2) is 30.5 Å². The average molecular weight is 419 g/mol. The van der Waals surface area contributed by atoms with Gasteiger partial charge in [0, 0.05) is 16.7 Å². The molecule has 1 aliphatic rings. The summed E-state index contributed by atoms with van der Waals surface area (Å²) in [6.45, 7) is 1.49. The fourth-order valence-electron chi connectivity index (χ4n) is 2.58. The summed E-state index contributed by atoms with van der Waals surface area (Å²) in [6, 6.07) is 18.0. The molecule has 23 heavy (non-hydrogen) atoms. The van der Waals surface area contributed by atoms with Crippen LogP contribution in [0.4, 0.5) is 0 Å². The van der Waals surface area contributed by atoms with Crippen molar-refractivity contribution >= 4 is 34.1 Å². The van der Waals surface area contributed by atoms with Crippen LogP contribution in [0.2, 0.25) is 0 Å².